The zero-order valence-electron chi connectivity index (χ0n) is 10.4. The first-order valence-electron chi connectivity index (χ1n) is 6.17. The van der Waals surface area contributed by atoms with Crippen molar-refractivity contribution in [2.45, 2.75) is 39.2 Å². The second-order valence-corrected chi connectivity index (χ2v) is 5.06. The third-order valence-corrected chi connectivity index (χ3v) is 3.60. The van der Waals surface area contributed by atoms with Gasteiger partial charge in [-0.15, -0.1) is 0 Å². The largest absolute Gasteiger partial charge is 0.389 e. The van der Waals surface area contributed by atoms with Gasteiger partial charge in [0.2, 0.25) is 0 Å². The number of nitrogens with zero attached hydrogens (tertiary/aromatic N) is 2. The Kier molecular flexibility index (Phi) is 3.62. The molecule has 1 unspecified atom stereocenters. The average molecular weight is 249 g/mol. The van der Waals surface area contributed by atoms with Gasteiger partial charge in [0.15, 0.2) is 0 Å². The van der Waals surface area contributed by atoms with E-state index in [0.29, 0.717) is 11.0 Å². The zero-order chi connectivity index (χ0) is 12.4. The molecule has 2 rings (SSSR count). The van der Waals surface area contributed by atoms with Crippen molar-refractivity contribution in [2.75, 3.05) is 11.4 Å². The molecule has 1 aromatic rings. The number of pyridine rings is 1. The van der Waals surface area contributed by atoms with Gasteiger partial charge in [-0.05, 0) is 38.3 Å². The molecule has 0 amide bonds. The Morgan fingerprint density at radius 2 is 2.35 bits per heavy atom. The van der Waals surface area contributed by atoms with Crippen LogP contribution < -0.4 is 10.6 Å². The van der Waals surface area contributed by atoms with E-state index in [0.717, 1.165) is 30.0 Å². The fourth-order valence-electron chi connectivity index (χ4n) is 2.50. The van der Waals surface area contributed by atoms with Crippen molar-refractivity contribution in [2.24, 2.45) is 5.73 Å². The molecule has 92 valence electrons. The summed E-state index contributed by atoms with van der Waals surface area (Å²) in [6.45, 7) is 5.31. The highest BCUT2D eigenvalue weighted by Crippen LogP contribution is 2.26. The quantitative estimate of drug-likeness (QED) is 0.835. The van der Waals surface area contributed by atoms with Crippen molar-refractivity contribution in [3.05, 3.63) is 23.4 Å². The molecule has 0 spiro atoms. The number of aromatic nitrogens is 1. The Hall–Kier alpha value is -1.16. The molecule has 0 aliphatic carbocycles. The predicted octanol–water partition coefficient (Wildman–Crippen LogP) is 2.40. The van der Waals surface area contributed by atoms with Gasteiger partial charge in [0.05, 0.1) is 0 Å². The van der Waals surface area contributed by atoms with Crippen LogP contribution in [-0.4, -0.2) is 22.6 Å². The molecule has 1 atom stereocenters. The van der Waals surface area contributed by atoms with Crippen molar-refractivity contribution >= 4 is 23.0 Å². The topological polar surface area (TPSA) is 42.1 Å². The number of aryl methyl sites for hydroxylation is 1. The summed E-state index contributed by atoms with van der Waals surface area (Å²) in [5, 5.41) is 0. The lowest BCUT2D eigenvalue weighted by Gasteiger charge is -2.25. The monoisotopic (exact) mass is 249 g/mol. The Labute approximate surface area is 108 Å². The molecular formula is C13H19N3S. The summed E-state index contributed by atoms with van der Waals surface area (Å²) in [7, 11) is 0. The Morgan fingerprint density at radius 3 is 3.00 bits per heavy atom. The van der Waals surface area contributed by atoms with Crippen LogP contribution in [0.1, 0.15) is 37.4 Å². The molecule has 1 saturated heterocycles. The van der Waals surface area contributed by atoms with Gasteiger partial charge in [-0.1, -0.05) is 19.1 Å². The highest BCUT2D eigenvalue weighted by molar-refractivity contribution is 7.80. The van der Waals surface area contributed by atoms with E-state index in [1.807, 2.05) is 19.1 Å². The molecule has 1 aromatic heterocycles. The predicted molar refractivity (Wildman–Crippen MR) is 75.5 cm³/mol. The average Bonchev–Trinajstić information content (AvgIpc) is 2.76. The molecule has 17 heavy (non-hydrogen) atoms. The molecular weight excluding hydrogens is 230 g/mol. The number of anilines is 1. The number of hydrogen-bond donors (Lipinski definition) is 1. The summed E-state index contributed by atoms with van der Waals surface area (Å²) < 4.78 is 0. The van der Waals surface area contributed by atoms with Gasteiger partial charge in [-0.2, -0.15) is 0 Å². The summed E-state index contributed by atoms with van der Waals surface area (Å²) in [5.74, 6) is 1.03. The molecule has 3 nitrogen and oxygen atoms in total. The summed E-state index contributed by atoms with van der Waals surface area (Å²) in [6, 6.07) is 4.58. The second kappa shape index (κ2) is 5.00. The highest BCUT2D eigenvalue weighted by Gasteiger charge is 2.24. The molecule has 0 bridgehead atoms. The van der Waals surface area contributed by atoms with Crippen LogP contribution in [0.25, 0.3) is 0 Å². The van der Waals surface area contributed by atoms with Crippen LogP contribution in [0.3, 0.4) is 0 Å². The summed E-state index contributed by atoms with van der Waals surface area (Å²) in [4.78, 5) is 7.44. The van der Waals surface area contributed by atoms with Gasteiger partial charge < -0.3 is 10.6 Å². The molecule has 1 aliphatic rings. The van der Waals surface area contributed by atoms with E-state index >= 15 is 0 Å². The van der Waals surface area contributed by atoms with Crippen LogP contribution in [-0.2, 0) is 0 Å². The molecule has 4 heteroatoms. The van der Waals surface area contributed by atoms with Crippen LogP contribution in [0.4, 0.5) is 5.82 Å². The second-order valence-electron chi connectivity index (χ2n) is 4.62. The maximum absolute atomic E-state index is 5.70. The Bertz CT molecular complexity index is 431. The first-order chi connectivity index (χ1) is 8.11. The fourth-order valence-corrected chi connectivity index (χ4v) is 2.62. The fraction of sp³-hybridized carbons (Fsp3) is 0.538. The van der Waals surface area contributed by atoms with Gasteiger partial charge in [-0.3, -0.25) is 0 Å². The minimum Gasteiger partial charge on any atom is -0.389 e. The molecule has 0 aromatic carbocycles. The van der Waals surface area contributed by atoms with Gasteiger partial charge >= 0.3 is 0 Å². The van der Waals surface area contributed by atoms with Gasteiger partial charge in [0, 0.05) is 23.8 Å². The lowest BCUT2D eigenvalue weighted by atomic mass is 10.1. The third-order valence-electron chi connectivity index (χ3n) is 3.37. The maximum Gasteiger partial charge on any atom is 0.129 e. The van der Waals surface area contributed by atoms with E-state index in [2.05, 4.69) is 16.8 Å². The van der Waals surface area contributed by atoms with Crippen molar-refractivity contribution in [1.82, 2.24) is 4.98 Å². The summed E-state index contributed by atoms with van der Waals surface area (Å²) in [6.07, 6.45) is 3.67. The lowest BCUT2D eigenvalue weighted by molar-refractivity contribution is 0.640. The Morgan fingerprint density at radius 1 is 1.59 bits per heavy atom. The number of rotatable bonds is 3. The third kappa shape index (κ3) is 2.57. The minimum atomic E-state index is 0.448. The molecule has 0 radical (unpaired) electrons. The summed E-state index contributed by atoms with van der Waals surface area (Å²) in [5.41, 5.74) is 7.60. The number of hydrogen-bond acceptors (Lipinski definition) is 3. The molecule has 0 saturated carbocycles. The minimum absolute atomic E-state index is 0.448. The smallest absolute Gasteiger partial charge is 0.129 e. The van der Waals surface area contributed by atoms with E-state index < -0.39 is 0 Å². The van der Waals surface area contributed by atoms with Gasteiger partial charge in [0.1, 0.15) is 10.8 Å². The van der Waals surface area contributed by atoms with Crippen LogP contribution in [0, 0.1) is 6.92 Å². The standard InChI is InChI=1S/C13H19N3S/c1-3-11-5-4-6-16(11)12-8-10(13(14)17)7-9(2)15-12/h7-8,11H,3-6H2,1-2H3,(H2,14,17). The Balaban J connectivity index is 2.34. The van der Waals surface area contributed by atoms with Crippen LogP contribution in [0.2, 0.25) is 0 Å². The molecule has 2 heterocycles. The maximum atomic E-state index is 5.70. The normalized spacial score (nSPS) is 19.6. The molecule has 1 fully saturated rings. The molecule has 1 aliphatic heterocycles. The first kappa shape index (κ1) is 12.3. The van der Waals surface area contributed by atoms with E-state index in [4.69, 9.17) is 18.0 Å². The lowest BCUT2D eigenvalue weighted by Crippen LogP contribution is -2.29. The highest BCUT2D eigenvalue weighted by atomic mass is 32.1. The van der Waals surface area contributed by atoms with Gasteiger partial charge in [0.25, 0.3) is 0 Å². The molecule has 2 N–H and O–H groups in total. The van der Waals surface area contributed by atoms with Crippen molar-refractivity contribution in [3.8, 4) is 0 Å². The van der Waals surface area contributed by atoms with Gasteiger partial charge in [-0.25, -0.2) is 4.98 Å². The van der Waals surface area contributed by atoms with Crippen LogP contribution in [0.5, 0.6) is 0 Å². The van der Waals surface area contributed by atoms with Crippen molar-refractivity contribution in [3.63, 3.8) is 0 Å². The SMILES string of the molecule is CCC1CCCN1c1cc(C(N)=S)cc(C)n1. The van der Waals surface area contributed by atoms with Crippen LogP contribution in [0.15, 0.2) is 12.1 Å². The van der Waals surface area contributed by atoms with Crippen LogP contribution >= 0.6 is 12.2 Å². The number of nitrogens with two attached hydrogens (primary N) is 1. The van der Waals surface area contributed by atoms with E-state index in [-0.39, 0.29) is 0 Å². The number of thiocarbonyl (C=S) groups is 1. The summed E-state index contributed by atoms with van der Waals surface area (Å²) >= 11 is 5.05. The van der Waals surface area contributed by atoms with E-state index in [9.17, 15) is 0 Å². The van der Waals surface area contributed by atoms with Crippen molar-refractivity contribution < 1.29 is 0 Å². The van der Waals surface area contributed by atoms with E-state index in [1.165, 1.54) is 12.8 Å². The first-order valence-corrected chi connectivity index (χ1v) is 6.57. The zero-order valence-corrected chi connectivity index (χ0v) is 11.3. The van der Waals surface area contributed by atoms with E-state index in [1.54, 1.807) is 0 Å². The van der Waals surface area contributed by atoms with Crippen molar-refractivity contribution in [1.29, 1.82) is 0 Å².